The third-order valence-corrected chi connectivity index (χ3v) is 7.44. The SMILES string of the molecule is COc1ccc(N2CC(C(=O)N3CCN(Cc4csc(-c5ccccc5)n4)CC3)CC2=O)cc1. The summed E-state index contributed by atoms with van der Waals surface area (Å²) in [5.41, 5.74) is 3.02. The van der Waals surface area contributed by atoms with Crippen LogP contribution in [0.2, 0.25) is 0 Å². The first-order valence-electron chi connectivity index (χ1n) is 11.6. The maximum absolute atomic E-state index is 13.1. The van der Waals surface area contributed by atoms with Crippen LogP contribution in [0.25, 0.3) is 10.6 Å². The molecule has 0 radical (unpaired) electrons. The van der Waals surface area contributed by atoms with Crippen LogP contribution < -0.4 is 9.64 Å². The van der Waals surface area contributed by atoms with Crippen LogP contribution in [-0.4, -0.2) is 66.4 Å². The Bertz CT molecular complexity index is 1140. The van der Waals surface area contributed by atoms with Crippen LogP contribution in [0.5, 0.6) is 5.75 Å². The molecule has 1 aromatic heterocycles. The van der Waals surface area contributed by atoms with Crippen molar-refractivity contribution < 1.29 is 14.3 Å². The quantitative estimate of drug-likeness (QED) is 0.545. The van der Waals surface area contributed by atoms with Crippen molar-refractivity contribution in [2.45, 2.75) is 13.0 Å². The normalized spacial score (nSPS) is 19.0. The van der Waals surface area contributed by atoms with Crippen LogP contribution in [0.4, 0.5) is 5.69 Å². The summed E-state index contributed by atoms with van der Waals surface area (Å²) in [4.78, 5) is 36.5. The lowest BCUT2D eigenvalue weighted by Gasteiger charge is -2.35. The summed E-state index contributed by atoms with van der Waals surface area (Å²) in [7, 11) is 1.61. The number of nitrogens with zero attached hydrogens (tertiary/aromatic N) is 4. The third kappa shape index (κ3) is 4.83. The van der Waals surface area contributed by atoms with E-state index in [0.717, 1.165) is 47.3 Å². The minimum atomic E-state index is -0.284. The van der Waals surface area contributed by atoms with Gasteiger partial charge >= 0.3 is 0 Å². The Morgan fingerprint density at radius 1 is 1.06 bits per heavy atom. The molecule has 0 N–H and O–H groups in total. The van der Waals surface area contributed by atoms with E-state index in [0.29, 0.717) is 19.6 Å². The Morgan fingerprint density at radius 3 is 2.50 bits per heavy atom. The van der Waals surface area contributed by atoms with Crippen LogP contribution >= 0.6 is 11.3 Å². The molecule has 2 saturated heterocycles. The highest BCUT2D eigenvalue weighted by Crippen LogP contribution is 2.28. The topological polar surface area (TPSA) is 66.0 Å². The zero-order chi connectivity index (χ0) is 23.5. The minimum absolute atomic E-state index is 0.0000877. The van der Waals surface area contributed by atoms with Gasteiger partial charge < -0.3 is 14.5 Å². The minimum Gasteiger partial charge on any atom is -0.497 e. The number of carbonyl (C=O) groups excluding carboxylic acids is 2. The van der Waals surface area contributed by atoms with E-state index in [9.17, 15) is 9.59 Å². The first-order valence-corrected chi connectivity index (χ1v) is 12.4. The third-order valence-electron chi connectivity index (χ3n) is 6.50. The Morgan fingerprint density at radius 2 is 1.79 bits per heavy atom. The molecule has 8 heteroatoms. The molecule has 2 aliphatic heterocycles. The average Bonchev–Trinajstić information content (AvgIpc) is 3.51. The van der Waals surface area contributed by atoms with Gasteiger partial charge in [-0.3, -0.25) is 14.5 Å². The summed E-state index contributed by atoms with van der Waals surface area (Å²) in [6.45, 7) is 4.22. The van der Waals surface area contributed by atoms with Gasteiger partial charge in [-0.15, -0.1) is 11.3 Å². The molecule has 2 aliphatic rings. The van der Waals surface area contributed by atoms with Crippen molar-refractivity contribution >= 4 is 28.8 Å². The molecule has 1 atom stereocenters. The Kier molecular flexibility index (Phi) is 6.60. The lowest BCUT2D eigenvalue weighted by atomic mass is 10.1. The van der Waals surface area contributed by atoms with E-state index in [1.54, 1.807) is 23.3 Å². The second kappa shape index (κ2) is 9.95. The Hall–Kier alpha value is -3.23. The van der Waals surface area contributed by atoms with E-state index in [1.807, 2.05) is 47.4 Å². The van der Waals surface area contributed by atoms with Crippen molar-refractivity contribution in [3.05, 3.63) is 65.7 Å². The lowest BCUT2D eigenvalue weighted by Crippen LogP contribution is -2.50. The van der Waals surface area contributed by atoms with E-state index >= 15 is 0 Å². The number of thiazole rings is 1. The van der Waals surface area contributed by atoms with Gasteiger partial charge in [-0.2, -0.15) is 0 Å². The largest absolute Gasteiger partial charge is 0.497 e. The van der Waals surface area contributed by atoms with E-state index in [2.05, 4.69) is 22.4 Å². The molecular weight excluding hydrogens is 448 g/mol. The number of piperazine rings is 1. The number of hydrogen-bond donors (Lipinski definition) is 0. The fourth-order valence-electron chi connectivity index (χ4n) is 4.59. The second-order valence-corrected chi connectivity index (χ2v) is 9.57. The lowest BCUT2D eigenvalue weighted by molar-refractivity contribution is -0.137. The molecular formula is C26H28N4O3S. The molecule has 34 heavy (non-hydrogen) atoms. The number of anilines is 1. The van der Waals surface area contributed by atoms with Crippen molar-refractivity contribution in [1.82, 2.24) is 14.8 Å². The maximum Gasteiger partial charge on any atom is 0.228 e. The standard InChI is InChI=1S/C26H28N4O3S/c1-33-23-9-7-22(8-10-23)30-16-20(15-24(30)31)26(32)29-13-11-28(12-14-29)17-21-18-34-25(27-21)19-5-3-2-4-6-19/h2-10,18,20H,11-17H2,1H3. The van der Waals surface area contributed by atoms with E-state index in [-0.39, 0.29) is 24.2 Å². The molecule has 3 heterocycles. The highest BCUT2D eigenvalue weighted by molar-refractivity contribution is 7.13. The summed E-state index contributed by atoms with van der Waals surface area (Å²) < 4.78 is 5.19. The second-order valence-electron chi connectivity index (χ2n) is 8.71. The van der Waals surface area contributed by atoms with E-state index in [4.69, 9.17) is 9.72 Å². The van der Waals surface area contributed by atoms with Crippen LogP contribution in [0.1, 0.15) is 12.1 Å². The number of methoxy groups -OCH3 is 1. The zero-order valence-electron chi connectivity index (χ0n) is 19.2. The fourth-order valence-corrected chi connectivity index (χ4v) is 5.41. The molecule has 0 aliphatic carbocycles. The van der Waals surface area contributed by atoms with Crippen molar-refractivity contribution in [3.8, 4) is 16.3 Å². The van der Waals surface area contributed by atoms with Crippen molar-refractivity contribution in [2.75, 3.05) is 44.7 Å². The maximum atomic E-state index is 13.1. The first-order chi connectivity index (χ1) is 16.6. The molecule has 5 rings (SSSR count). The zero-order valence-corrected chi connectivity index (χ0v) is 20.0. The van der Waals surface area contributed by atoms with Gasteiger partial charge in [-0.1, -0.05) is 30.3 Å². The van der Waals surface area contributed by atoms with E-state index in [1.165, 1.54) is 0 Å². The molecule has 1 unspecified atom stereocenters. The molecule has 0 spiro atoms. The van der Waals surface area contributed by atoms with E-state index < -0.39 is 0 Å². The molecule has 2 fully saturated rings. The van der Waals surface area contributed by atoms with Gasteiger partial charge in [0.25, 0.3) is 0 Å². The number of aromatic nitrogens is 1. The number of rotatable bonds is 6. The number of benzene rings is 2. The Labute approximate surface area is 203 Å². The number of ether oxygens (including phenoxy) is 1. The number of hydrogen-bond acceptors (Lipinski definition) is 6. The molecule has 7 nitrogen and oxygen atoms in total. The van der Waals surface area contributed by atoms with Gasteiger partial charge in [0.1, 0.15) is 10.8 Å². The predicted octanol–water partition coefficient (Wildman–Crippen LogP) is 3.52. The summed E-state index contributed by atoms with van der Waals surface area (Å²) in [5, 5.41) is 3.16. The number of amides is 2. The van der Waals surface area contributed by atoms with Crippen molar-refractivity contribution in [1.29, 1.82) is 0 Å². The molecule has 2 aromatic carbocycles. The fraction of sp³-hybridized carbons (Fsp3) is 0.346. The highest BCUT2D eigenvalue weighted by atomic mass is 32.1. The van der Waals surface area contributed by atoms with Crippen LogP contribution in [0.15, 0.2) is 60.0 Å². The number of carbonyl (C=O) groups is 2. The molecule has 0 bridgehead atoms. The van der Waals surface area contributed by atoms with Gasteiger partial charge in [0, 0.05) is 62.3 Å². The van der Waals surface area contributed by atoms with Gasteiger partial charge in [0.15, 0.2) is 0 Å². The van der Waals surface area contributed by atoms with Crippen LogP contribution in [0.3, 0.4) is 0 Å². The van der Waals surface area contributed by atoms with Crippen LogP contribution in [0, 0.1) is 5.92 Å². The Balaban J connectivity index is 1.13. The van der Waals surface area contributed by atoms with Gasteiger partial charge in [-0.05, 0) is 24.3 Å². The van der Waals surface area contributed by atoms with Gasteiger partial charge in [0.05, 0.1) is 18.7 Å². The summed E-state index contributed by atoms with van der Waals surface area (Å²) in [5.74, 6) is 0.548. The molecule has 0 saturated carbocycles. The predicted molar refractivity (Wildman–Crippen MR) is 133 cm³/mol. The summed E-state index contributed by atoms with van der Waals surface area (Å²) in [6, 6.07) is 17.6. The highest BCUT2D eigenvalue weighted by Gasteiger charge is 2.38. The monoisotopic (exact) mass is 476 g/mol. The average molecular weight is 477 g/mol. The van der Waals surface area contributed by atoms with Gasteiger partial charge in [0.2, 0.25) is 11.8 Å². The van der Waals surface area contributed by atoms with Crippen molar-refractivity contribution in [3.63, 3.8) is 0 Å². The van der Waals surface area contributed by atoms with Gasteiger partial charge in [-0.25, -0.2) is 4.98 Å². The smallest absolute Gasteiger partial charge is 0.228 e. The summed E-state index contributed by atoms with van der Waals surface area (Å²) in [6.07, 6.45) is 0.270. The molecule has 2 amide bonds. The van der Waals surface area contributed by atoms with Crippen molar-refractivity contribution in [2.24, 2.45) is 5.92 Å². The first kappa shape index (κ1) is 22.6. The molecule has 176 valence electrons. The molecule has 3 aromatic rings. The summed E-state index contributed by atoms with van der Waals surface area (Å²) >= 11 is 1.67. The van der Waals surface area contributed by atoms with Crippen LogP contribution in [-0.2, 0) is 16.1 Å².